The smallest absolute Gasteiger partial charge is 0.319 e. The van der Waals surface area contributed by atoms with Crippen LogP contribution in [-0.2, 0) is 0 Å². The molecule has 0 aromatic carbocycles. The van der Waals surface area contributed by atoms with Gasteiger partial charge in [0, 0.05) is 12.2 Å². The summed E-state index contributed by atoms with van der Waals surface area (Å²) in [5, 5.41) is 5.86. The maximum absolute atomic E-state index is 11.8. The molecular formula is C13H19N3O. The molecule has 92 valence electrons. The molecule has 0 radical (unpaired) electrons. The van der Waals surface area contributed by atoms with E-state index < -0.39 is 0 Å². The maximum Gasteiger partial charge on any atom is 0.319 e. The Morgan fingerprint density at radius 1 is 1.35 bits per heavy atom. The SMILES string of the molecule is Cc1ccncc1NC(=O)NC1CCCCC1. The van der Waals surface area contributed by atoms with E-state index >= 15 is 0 Å². The van der Waals surface area contributed by atoms with Crippen LogP contribution < -0.4 is 10.6 Å². The Morgan fingerprint density at radius 3 is 2.82 bits per heavy atom. The van der Waals surface area contributed by atoms with E-state index in [1.807, 2.05) is 13.0 Å². The van der Waals surface area contributed by atoms with E-state index in [2.05, 4.69) is 15.6 Å². The standard InChI is InChI=1S/C13H19N3O/c1-10-7-8-14-9-12(10)16-13(17)15-11-5-3-2-4-6-11/h7-9,11H,2-6H2,1H3,(H2,15,16,17). The van der Waals surface area contributed by atoms with Gasteiger partial charge in [0.1, 0.15) is 0 Å². The molecule has 0 bridgehead atoms. The van der Waals surface area contributed by atoms with Crippen molar-refractivity contribution >= 4 is 11.7 Å². The highest BCUT2D eigenvalue weighted by molar-refractivity contribution is 5.90. The first-order valence-electron chi connectivity index (χ1n) is 6.24. The van der Waals surface area contributed by atoms with Crippen molar-refractivity contribution in [2.75, 3.05) is 5.32 Å². The highest BCUT2D eigenvalue weighted by atomic mass is 16.2. The lowest BCUT2D eigenvalue weighted by molar-refractivity contribution is 0.244. The minimum Gasteiger partial charge on any atom is -0.335 e. The molecule has 1 aromatic rings. The summed E-state index contributed by atoms with van der Waals surface area (Å²) in [4.78, 5) is 15.8. The molecule has 4 heteroatoms. The molecule has 2 N–H and O–H groups in total. The number of nitrogens with zero attached hydrogens (tertiary/aromatic N) is 1. The lowest BCUT2D eigenvalue weighted by Gasteiger charge is -2.23. The predicted octanol–water partition coefficient (Wildman–Crippen LogP) is 2.84. The fourth-order valence-corrected chi connectivity index (χ4v) is 2.19. The first-order valence-corrected chi connectivity index (χ1v) is 6.24. The number of pyridine rings is 1. The fourth-order valence-electron chi connectivity index (χ4n) is 2.19. The molecule has 1 aliphatic rings. The number of rotatable bonds is 2. The molecule has 2 rings (SSSR count). The topological polar surface area (TPSA) is 54.0 Å². The summed E-state index contributed by atoms with van der Waals surface area (Å²) >= 11 is 0. The highest BCUT2D eigenvalue weighted by Gasteiger charge is 2.15. The quantitative estimate of drug-likeness (QED) is 0.825. The third-order valence-corrected chi connectivity index (χ3v) is 3.23. The van der Waals surface area contributed by atoms with Crippen molar-refractivity contribution in [3.8, 4) is 0 Å². The van der Waals surface area contributed by atoms with Crippen molar-refractivity contribution in [2.24, 2.45) is 0 Å². The van der Waals surface area contributed by atoms with Crippen molar-refractivity contribution in [1.82, 2.24) is 10.3 Å². The largest absolute Gasteiger partial charge is 0.335 e. The van der Waals surface area contributed by atoms with Crippen molar-refractivity contribution in [2.45, 2.75) is 45.1 Å². The third-order valence-electron chi connectivity index (χ3n) is 3.23. The molecule has 17 heavy (non-hydrogen) atoms. The fraction of sp³-hybridized carbons (Fsp3) is 0.538. The summed E-state index contributed by atoms with van der Waals surface area (Å²) in [6.45, 7) is 1.96. The Labute approximate surface area is 102 Å². The molecule has 0 atom stereocenters. The summed E-state index contributed by atoms with van der Waals surface area (Å²) in [6.07, 6.45) is 9.32. The van der Waals surface area contributed by atoms with Crippen LogP contribution in [0.25, 0.3) is 0 Å². The van der Waals surface area contributed by atoms with Gasteiger partial charge in [-0.05, 0) is 31.4 Å². The zero-order valence-corrected chi connectivity index (χ0v) is 10.2. The van der Waals surface area contributed by atoms with Gasteiger partial charge < -0.3 is 10.6 Å². The summed E-state index contributed by atoms with van der Waals surface area (Å²) < 4.78 is 0. The van der Waals surface area contributed by atoms with Crippen molar-refractivity contribution < 1.29 is 4.79 Å². The maximum atomic E-state index is 11.8. The molecule has 0 unspecified atom stereocenters. The third kappa shape index (κ3) is 3.44. The van der Waals surface area contributed by atoms with Crippen LogP contribution >= 0.6 is 0 Å². The molecule has 1 aromatic heterocycles. The first kappa shape index (κ1) is 11.9. The number of hydrogen-bond acceptors (Lipinski definition) is 2. The van der Waals surface area contributed by atoms with Gasteiger partial charge in [0.2, 0.25) is 0 Å². The van der Waals surface area contributed by atoms with Gasteiger partial charge in [-0.2, -0.15) is 0 Å². The van der Waals surface area contributed by atoms with Crippen LogP contribution in [0.15, 0.2) is 18.5 Å². The molecule has 1 heterocycles. The Morgan fingerprint density at radius 2 is 2.12 bits per heavy atom. The predicted molar refractivity (Wildman–Crippen MR) is 68.0 cm³/mol. The second-order valence-electron chi connectivity index (χ2n) is 4.62. The summed E-state index contributed by atoms with van der Waals surface area (Å²) in [5.41, 5.74) is 1.81. The van der Waals surface area contributed by atoms with E-state index in [1.165, 1.54) is 19.3 Å². The van der Waals surface area contributed by atoms with Crippen LogP contribution in [0.3, 0.4) is 0 Å². The molecule has 1 aliphatic carbocycles. The molecule has 1 saturated carbocycles. The van der Waals surface area contributed by atoms with Crippen molar-refractivity contribution in [3.05, 3.63) is 24.0 Å². The van der Waals surface area contributed by atoms with Gasteiger partial charge in [0.05, 0.1) is 11.9 Å². The van der Waals surface area contributed by atoms with Crippen molar-refractivity contribution in [3.63, 3.8) is 0 Å². The van der Waals surface area contributed by atoms with Gasteiger partial charge in [-0.25, -0.2) is 4.79 Å². The van der Waals surface area contributed by atoms with Crippen LogP contribution in [0.2, 0.25) is 0 Å². The van der Waals surface area contributed by atoms with Gasteiger partial charge in [0.15, 0.2) is 0 Å². The monoisotopic (exact) mass is 233 g/mol. The lowest BCUT2D eigenvalue weighted by Crippen LogP contribution is -2.39. The van der Waals surface area contributed by atoms with E-state index in [-0.39, 0.29) is 6.03 Å². The molecular weight excluding hydrogens is 214 g/mol. The Hall–Kier alpha value is -1.58. The van der Waals surface area contributed by atoms with E-state index in [1.54, 1.807) is 12.4 Å². The molecule has 0 spiro atoms. The van der Waals surface area contributed by atoms with Crippen LogP contribution in [0, 0.1) is 6.92 Å². The van der Waals surface area contributed by atoms with Gasteiger partial charge in [-0.3, -0.25) is 4.98 Å². The number of carbonyl (C=O) groups excluding carboxylic acids is 1. The molecule has 1 fully saturated rings. The molecule has 2 amide bonds. The van der Waals surface area contributed by atoms with Crippen LogP contribution in [0.1, 0.15) is 37.7 Å². The van der Waals surface area contributed by atoms with Gasteiger partial charge >= 0.3 is 6.03 Å². The van der Waals surface area contributed by atoms with Crippen LogP contribution in [0.4, 0.5) is 10.5 Å². The van der Waals surface area contributed by atoms with E-state index in [9.17, 15) is 4.79 Å². The molecule has 4 nitrogen and oxygen atoms in total. The van der Waals surface area contributed by atoms with Gasteiger partial charge in [-0.1, -0.05) is 19.3 Å². The number of aromatic nitrogens is 1. The number of anilines is 1. The molecule has 0 aliphatic heterocycles. The minimum absolute atomic E-state index is 0.118. The number of amides is 2. The number of carbonyl (C=O) groups is 1. The minimum atomic E-state index is -0.118. The van der Waals surface area contributed by atoms with Crippen molar-refractivity contribution in [1.29, 1.82) is 0 Å². The number of hydrogen-bond donors (Lipinski definition) is 2. The number of urea groups is 1. The van der Waals surface area contributed by atoms with Crippen LogP contribution in [0.5, 0.6) is 0 Å². The van der Waals surface area contributed by atoms with E-state index in [0.29, 0.717) is 6.04 Å². The van der Waals surface area contributed by atoms with E-state index in [4.69, 9.17) is 0 Å². The normalized spacial score (nSPS) is 16.5. The lowest BCUT2D eigenvalue weighted by atomic mass is 9.96. The Bertz CT molecular complexity index is 386. The number of aryl methyl sites for hydroxylation is 1. The summed E-state index contributed by atoms with van der Waals surface area (Å²) in [7, 11) is 0. The highest BCUT2D eigenvalue weighted by Crippen LogP contribution is 2.17. The second kappa shape index (κ2) is 5.66. The number of nitrogens with one attached hydrogen (secondary N) is 2. The van der Waals surface area contributed by atoms with Gasteiger partial charge in [-0.15, -0.1) is 0 Å². The Kier molecular flexibility index (Phi) is 3.96. The van der Waals surface area contributed by atoms with Gasteiger partial charge in [0.25, 0.3) is 0 Å². The zero-order valence-electron chi connectivity index (χ0n) is 10.2. The summed E-state index contributed by atoms with van der Waals surface area (Å²) in [6, 6.07) is 2.10. The molecule has 0 saturated heterocycles. The first-order chi connectivity index (χ1) is 8.25. The second-order valence-corrected chi connectivity index (χ2v) is 4.62. The summed E-state index contributed by atoms with van der Waals surface area (Å²) in [5.74, 6) is 0. The average molecular weight is 233 g/mol. The van der Waals surface area contributed by atoms with E-state index in [0.717, 1.165) is 24.1 Å². The average Bonchev–Trinajstić information content (AvgIpc) is 2.33. The Balaban J connectivity index is 1.86. The zero-order chi connectivity index (χ0) is 12.1. The van der Waals surface area contributed by atoms with Crippen LogP contribution in [-0.4, -0.2) is 17.1 Å².